The zero-order chi connectivity index (χ0) is 21.2. The fraction of sp³-hybridized carbons (Fsp3) is 0.240. The van der Waals surface area contributed by atoms with Crippen LogP contribution in [0, 0.1) is 24.2 Å². The van der Waals surface area contributed by atoms with Crippen molar-refractivity contribution in [2.45, 2.75) is 13.3 Å². The molecule has 2 aromatic heterocycles. The molecule has 1 saturated heterocycles. The van der Waals surface area contributed by atoms with Crippen molar-refractivity contribution in [3.05, 3.63) is 72.1 Å². The maximum Gasteiger partial charge on any atom is 0.203 e. The highest BCUT2D eigenvalue weighted by Crippen LogP contribution is 2.37. The van der Waals surface area contributed by atoms with E-state index in [4.69, 9.17) is 4.74 Å². The molecule has 1 aliphatic heterocycles. The predicted octanol–water partition coefficient (Wildman–Crippen LogP) is 4.23. The average molecular weight is 409 g/mol. The van der Waals surface area contributed by atoms with Gasteiger partial charge in [0.25, 0.3) is 0 Å². The van der Waals surface area contributed by atoms with Crippen LogP contribution >= 0.6 is 0 Å². The smallest absolute Gasteiger partial charge is 0.203 e. The van der Waals surface area contributed by atoms with Crippen molar-refractivity contribution in [3.63, 3.8) is 0 Å². The van der Waals surface area contributed by atoms with Crippen LogP contribution in [0.2, 0.25) is 0 Å². The van der Waals surface area contributed by atoms with Crippen LogP contribution in [-0.2, 0) is 0 Å². The largest absolute Gasteiger partial charge is 0.489 e. The molecule has 0 radical (unpaired) electrons. The summed E-state index contributed by atoms with van der Waals surface area (Å²) in [5.41, 5.74) is 6.64. The minimum atomic E-state index is 0.498. The van der Waals surface area contributed by atoms with Crippen molar-refractivity contribution in [2.24, 2.45) is 5.92 Å². The third-order valence-electron chi connectivity index (χ3n) is 5.83. The number of hydrogen-bond acceptors (Lipinski definition) is 5. The molecule has 0 spiro atoms. The third-order valence-corrected chi connectivity index (χ3v) is 5.83. The molecule has 1 N–H and O–H groups in total. The molecule has 1 aliphatic rings. The van der Waals surface area contributed by atoms with E-state index in [0.29, 0.717) is 23.7 Å². The first-order valence-corrected chi connectivity index (χ1v) is 10.5. The molecule has 4 aromatic rings. The second-order valence-electron chi connectivity index (χ2n) is 8.02. The standard InChI is InChI=1S/C25H23N5O/c1-17-2-6-21(7-3-17)24-22(20-8-4-18(13-26)5-9-20)12-23(25-29-28-16-30(24)25)31-15-19-10-11-27-14-19/h2-9,12,16,19,27H,10-11,14-15H2,1H3/t19-/m1/s1. The summed E-state index contributed by atoms with van der Waals surface area (Å²) in [4.78, 5) is 0. The van der Waals surface area contributed by atoms with Gasteiger partial charge in [0.15, 0.2) is 5.75 Å². The van der Waals surface area contributed by atoms with E-state index < -0.39 is 0 Å². The van der Waals surface area contributed by atoms with Gasteiger partial charge in [-0.15, -0.1) is 10.2 Å². The first-order chi connectivity index (χ1) is 15.2. The molecule has 1 fully saturated rings. The van der Waals surface area contributed by atoms with Crippen LogP contribution in [-0.4, -0.2) is 34.3 Å². The van der Waals surface area contributed by atoms with Gasteiger partial charge >= 0.3 is 0 Å². The summed E-state index contributed by atoms with van der Waals surface area (Å²) in [5, 5.41) is 21.1. The number of rotatable bonds is 5. The fourth-order valence-corrected chi connectivity index (χ4v) is 4.08. The lowest BCUT2D eigenvalue weighted by atomic mass is 9.97. The highest BCUT2D eigenvalue weighted by molar-refractivity contribution is 5.85. The molecule has 0 saturated carbocycles. The minimum Gasteiger partial charge on any atom is -0.489 e. The second-order valence-corrected chi connectivity index (χ2v) is 8.02. The Kier molecular flexibility index (Phi) is 5.11. The van der Waals surface area contributed by atoms with Crippen molar-refractivity contribution in [3.8, 4) is 34.2 Å². The van der Waals surface area contributed by atoms with Gasteiger partial charge in [-0.25, -0.2) is 0 Å². The summed E-state index contributed by atoms with van der Waals surface area (Å²) in [6.45, 7) is 4.74. The van der Waals surface area contributed by atoms with Crippen LogP contribution in [0.3, 0.4) is 0 Å². The van der Waals surface area contributed by atoms with E-state index in [9.17, 15) is 5.26 Å². The Bertz CT molecular complexity index is 1250. The van der Waals surface area contributed by atoms with Crippen LogP contribution < -0.4 is 10.1 Å². The van der Waals surface area contributed by atoms with Gasteiger partial charge in [0.05, 0.1) is 23.9 Å². The lowest BCUT2D eigenvalue weighted by molar-refractivity contribution is 0.261. The van der Waals surface area contributed by atoms with E-state index in [0.717, 1.165) is 47.6 Å². The molecule has 0 unspecified atom stereocenters. The predicted molar refractivity (Wildman–Crippen MR) is 120 cm³/mol. The summed E-state index contributed by atoms with van der Waals surface area (Å²) < 4.78 is 8.26. The maximum absolute atomic E-state index is 9.19. The maximum atomic E-state index is 9.19. The SMILES string of the molecule is Cc1ccc(-c2c(-c3ccc(C#N)cc3)cc(OC[C@@H]3CCNC3)c3nncn23)cc1. The molecule has 6 heteroatoms. The van der Waals surface area contributed by atoms with E-state index in [2.05, 4.69) is 58.8 Å². The molecule has 3 heterocycles. The monoisotopic (exact) mass is 409 g/mol. The van der Waals surface area contributed by atoms with Crippen LogP contribution in [0.4, 0.5) is 0 Å². The zero-order valence-corrected chi connectivity index (χ0v) is 17.4. The van der Waals surface area contributed by atoms with Gasteiger partial charge in [-0.3, -0.25) is 4.40 Å². The molecule has 0 bridgehead atoms. The normalized spacial score (nSPS) is 15.8. The number of nitrogens with one attached hydrogen (secondary N) is 1. The summed E-state index contributed by atoms with van der Waals surface area (Å²) in [6.07, 6.45) is 2.86. The van der Waals surface area contributed by atoms with Gasteiger partial charge in [0.1, 0.15) is 6.33 Å². The van der Waals surface area contributed by atoms with Gasteiger partial charge in [-0.05, 0) is 49.2 Å². The molecular formula is C25H23N5O. The molecule has 0 aliphatic carbocycles. The molecule has 31 heavy (non-hydrogen) atoms. The summed E-state index contributed by atoms with van der Waals surface area (Å²) in [7, 11) is 0. The Morgan fingerprint density at radius 3 is 2.61 bits per heavy atom. The van der Waals surface area contributed by atoms with E-state index in [1.54, 1.807) is 6.33 Å². The molecular weight excluding hydrogens is 386 g/mol. The van der Waals surface area contributed by atoms with Crippen molar-refractivity contribution in [1.82, 2.24) is 19.9 Å². The van der Waals surface area contributed by atoms with Crippen LogP contribution in [0.5, 0.6) is 5.75 Å². The first kappa shape index (κ1) is 19.3. The lowest BCUT2D eigenvalue weighted by Gasteiger charge is -2.17. The van der Waals surface area contributed by atoms with Crippen LogP contribution in [0.15, 0.2) is 60.9 Å². The number of ether oxygens (including phenoxy) is 1. The van der Waals surface area contributed by atoms with Crippen LogP contribution in [0.1, 0.15) is 17.5 Å². The highest BCUT2D eigenvalue weighted by atomic mass is 16.5. The molecule has 2 aromatic carbocycles. The quantitative estimate of drug-likeness (QED) is 0.534. The highest BCUT2D eigenvalue weighted by Gasteiger charge is 2.20. The number of pyridine rings is 1. The van der Waals surface area contributed by atoms with Crippen molar-refractivity contribution >= 4 is 5.65 Å². The number of nitriles is 1. The molecule has 6 nitrogen and oxygen atoms in total. The van der Waals surface area contributed by atoms with E-state index in [-0.39, 0.29) is 0 Å². The van der Waals surface area contributed by atoms with Gasteiger partial charge in [0.2, 0.25) is 5.65 Å². The number of nitrogens with zero attached hydrogens (tertiary/aromatic N) is 4. The Balaban J connectivity index is 1.67. The number of benzene rings is 2. The second kappa shape index (κ2) is 8.21. The molecule has 154 valence electrons. The van der Waals surface area contributed by atoms with Crippen molar-refractivity contribution < 1.29 is 4.74 Å². The average Bonchev–Trinajstić information content (AvgIpc) is 3.50. The summed E-state index contributed by atoms with van der Waals surface area (Å²) in [5.74, 6) is 1.22. The zero-order valence-electron chi connectivity index (χ0n) is 17.4. The van der Waals surface area contributed by atoms with Crippen LogP contribution in [0.25, 0.3) is 28.0 Å². The minimum absolute atomic E-state index is 0.498. The van der Waals surface area contributed by atoms with Gasteiger partial charge in [-0.2, -0.15) is 5.26 Å². The summed E-state index contributed by atoms with van der Waals surface area (Å²) in [6, 6.07) is 20.3. The molecule has 5 rings (SSSR count). The fourth-order valence-electron chi connectivity index (χ4n) is 4.08. The number of fused-ring (bicyclic) bond motifs is 1. The van der Waals surface area contributed by atoms with Crippen molar-refractivity contribution in [1.29, 1.82) is 5.26 Å². The van der Waals surface area contributed by atoms with Gasteiger partial charge in [-0.1, -0.05) is 42.0 Å². The lowest BCUT2D eigenvalue weighted by Crippen LogP contribution is -2.16. The Hall–Kier alpha value is -3.69. The number of aromatic nitrogens is 3. The van der Waals surface area contributed by atoms with Gasteiger partial charge < -0.3 is 10.1 Å². The summed E-state index contributed by atoms with van der Waals surface area (Å²) >= 11 is 0. The van der Waals surface area contributed by atoms with Gasteiger partial charge in [0, 0.05) is 18.0 Å². The van der Waals surface area contributed by atoms with E-state index >= 15 is 0 Å². The van der Waals surface area contributed by atoms with Crippen molar-refractivity contribution in [2.75, 3.05) is 19.7 Å². The van der Waals surface area contributed by atoms with E-state index in [1.807, 2.05) is 28.7 Å². The Morgan fingerprint density at radius 2 is 1.90 bits per heavy atom. The molecule has 0 amide bonds. The van der Waals surface area contributed by atoms with E-state index in [1.165, 1.54) is 5.56 Å². The first-order valence-electron chi connectivity index (χ1n) is 10.5. The number of aryl methyl sites for hydroxylation is 1. The Morgan fingerprint density at radius 1 is 1.13 bits per heavy atom. The topological polar surface area (TPSA) is 75.2 Å². The third kappa shape index (κ3) is 3.76. The number of hydrogen-bond donors (Lipinski definition) is 1. The Labute approximate surface area is 181 Å². The molecule has 1 atom stereocenters.